The van der Waals surface area contributed by atoms with E-state index in [0.717, 1.165) is 0 Å². The molecule has 0 atom stereocenters. The van der Waals surface area contributed by atoms with Crippen LogP contribution in [0.3, 0.4) is 0 Å². The van der Waals surface area contributed by atoms with E-state index >= 15 is 0 Å². The standard InChI is InChI=1S/C5H5.Co.H2N/c1-3-5-4-2;;/h1-5H;;1H2/q-1;;-1/b5-3-;;. The van der Waals surface area contributed by atoms with Crippen LogP contribution in [0.5, 0.6) is 0 Å². The first-order valence-corrected chi connectivity index (χ1v) is 2.13. The summed E-state index contributed by atoms with van der Waals surface area (Å²) in [6.07, 6.45) is 4.89. The Morgan fingerprint density at radius 1 is 1.29 bits per heavy atom. The third-order valence-electron chi connectivity index (χ3n) is 0.286. The summed E-state index contributed by atoms with van der Waals surface area (Å²) in [6, 6.07) is 0. The Kier molecular flexibility index (Phi) is 13.2. The summed E-state index contributed by atoms with van der Waals surface area (Å²) >= 11 is 3.81. The summed E-state index contributed by atoms with van der Waals surface area (Å²) in [6.45, 7) is 4.95. The summed E-state index contributed by atoms with van der Waals surface area (Å²) in [7, 11) is 0. The SMILES string of the molecule is [CH-]=C/C=C\[CH]=[Co].[NH2-]. The maximum Gasteiger partial charge on any atom is -0.693 e. The Morgan fingerprint density at radius 3 is 2.00 bits per heavy atom. The van der Waals surface area contributed by atoms with Crippen LogP contribution in [0, 0.1) is 6.58 Å². The minimum Gasteiger partial charge on any atom is -0.693 e. The van der Waals surface area contributed by atoms with Crippen LogP contribution in [-0.4, -0.2) is 4.96 Å². The topological polar surface area (TPSA) is 33.5 Å². The third kappa shape index (κ3) is 10.7. The Labute approximate surface area is 51.8 Å². The zero-order chi connectivity index (χ0) is 4.83. The van der Waals surface area contributed by atoms with Gasteiger partial charge in [0.05, 0.1) is 0 Å². The van der Waals surface area contributed by atoms with Crippen molar-refractivity contribution >= 4 is 4.96 Å². The molecule has 0 aliphatic carbocycles. The molecule has 0 amide bonds. The molecule has 0 spiro atoms. The largest absolute Gasteiger partial charge is 0.693 e. The second-order valence-electron chi connectivity index (χ2n) is 0.688. The summed E-state index contributed by atoms with van der Waals surface area (Å²) in [5.41, 5.74) is 0. The van der Waals surface area contributed by atoms with E-state index in [9.17, 15) is 0 Å². The molecule has 43 valence electrons. The van der Waals surface area contributed by atoms with Gasteiger partial charge >= 0.3 is 45.1 Å². The van der Waals surface area contributed by atoms with E-state index in [-0.39, 0.29) is 6.15 Å². The van der Waals surface area contributed by atoms with E-state index in [1.54, 1.807) is 17.1 Å². The fourth-order valence-corrected chi connectivity index (χ4v) is 0.217. The summed E-state index contributed by atoms with van der Waals surface area (Å²) in [5.74, 6) is 0. The fraction of sp³-hybridized carbons (Fsp3) is 0. The summed E-state index contributed by atoms with van der Waals surface area (Å²) in [5, 5.41) is 0. The van der Waals surface area contributed by atoms with Crippen LogP contribution in [0.25, 0.3) is 6.15 Å². The molecular weight excluding hydrogens is 133 g/mol. The van der Waals surface area contributed by atoms with Gasteiger partial charge in [-0.05, 0) is 0 Å². The molecule has 0 bridgehead atoms. The van der Waals surface area contributed by atoms with Crippen LogP contribution < -0.4 is 0 Å². The summed E-state index contributed by atoms with van der Waals surface area (Å²) < 4.78 is 0. The predicted molar refractivity (Wildman–Crippen MR) is 29.4 cm³/mol. The molecule has 0 radical (unpaired) electrons. The maximum absolute atomic E-state index is 4.95. The van der Waals surface area contributed by atoms with E-state index < -0.39 is 0 Å². The molecule has 7 heavy (non-hydrogen) atoms. The quantitative estimate of drug-likeness (QED) is 0.412. The van der Waals surface area contributed by atoms with Gasteiger partial charge < -0.3 is 6.15 Å². The first-order chi connectivity index (χ1) is 2.91. The molecule has 0 aliphatic heterocycles. The average Bonchev–Trinajstić information content (AvgIpc) is 1.61. The number of hydrogen-bond acceptors (Lipinski definition) is 0. The minimum atomic E-state index is 0. The van der Waals surface area contributed by atoms with Crippen molar-refractivity contribution in [2.45, 2.75) is 0 Å². The van der Waals surface area contributed by atoms with E-state index in [0.29, 0.717) is 0 Å². The average molecular weight is 140 g/mol. The van der Waals surface area contributed by atoms with E-state index in [2.05, 4.69) is 15.3 Å². The zero-order valence-corrected chi connectivity index (χ0v) is 4.84. The molecule has 0 saturated carbocycles. The van der Waals surface area contributed by atoms with Crippen LogP contribution in [0.1, 0.15) is 0 Å². The van der Waals surface area contributed by atoms with Gasteiger partial charge in [-0.1, -0.05) is 0 Å². The van der Waals surface area contributed by atoms with Crippen molar-refractivity contribution in [2.24, 2.45) is 0 Å². The van der Waals surface area contributed by atoms with Gasteiger partial charge in [0.2, 0.25) is 0 Å². The molecule has 1 nitrogen and oxygen atoms in total. The van der Waals surface area contributed by atoms with Gasteiger partial charge in [0, 0.05) is 0 Å². The van der Waals surface area contributed by atoms with Crippen LogP contribution in [0.2, 0.25) is 0 Å². The first-order valence-electron chi connectivity index (χ1n) is 1.53. The van der Waals surface area contributed by atoms with Gasteiger partial charge in [0.1, 0.15) is 0 Å². The van der Waals surface area contributed by atoms with Gasteiger partial charge in [-0.3, -0.25) is 0 Å². The summed E-state index contributed by atoms with van der Waals surface area (Å²) in [4.78, 5) is 1.61. The predicted octanol–water partition coefficient (Wildman–Crippen LogP) is 1.60. The monoisotopic (exact) mass is 140 g/mol. The zero-order valence-electron chi connectivity index (χ0n) is 3.80. The van der Waals surface area contributed by atoms with Gasteiger partial charge in [0.15, 0.2) is 0 Å². The maximum atomic E-state index is 4.95. The Bertz CT molecular complexity index is 66.1. The second-order valence-corrected chi connectivity index (χ2v) is 1.04. The Morgan fingerprint density at radius 2 is 1.86 bits per heavy atom. The Balaban J connectivity index is 0. The Hall–Kier alpha value is -0.184. The van der Waals surface area contributed by atoms with Crippen molar-refractivity contribution in [1.29, 1.82) is 0 Å². The van der Waals surface area contributed by atoms with Gasteiger partial charge in [-0.15, -0.1) is 0 Å². The normalized spacial score (nSPS) is 7.57. The third-order valence-corrected chi connectivity index (χ3v) is 0.487. The van der Waals surface area contributed by atoms with E-state index in [4.69, 9.17) is 6.58 Å². The van der Waals surface area contributed by atoms with Crippen molar-refractivity contribution in [2.75, 3.05) is 0 Å². The second kappa shape index (κ2) is 9.26. The van der Waals surface area contributed by atoms with Crippen LogP contribution in [-0.2, 0) is 15.3 Å². The fourth-order valence-electron chi connectivity index (χ4n) is 0.101. The van der Waals surface area contributed by atoms with Gasteiger partial charge in [0.25, 0.3) is 0 Å². The number of hydrogen-bond donors (Lipinski definition) is 0. The van der Waals surface area contributed by atoms with Gasteiger partial charge in [-0.2, -0.15) is 0 Å². The molecule has 0 aromatic heterocycles. The van der Waals surface area contributed by atoms with Crippen LogP contribution >= 0.6 is 0 Å². The first kappa shape index (κ1) is 9.94. The van der Waals surface area contributed by atoms with Gasteiger partial charge in [-0.25, -0.2) is 0 Å². The molecule has 0 heterocycles. The van der Waals surface area contributed by atoms with Crippen LogP contribution in [0.4, 0.5) is 0 Å². The molecule has 2 heteroatoms. The molecule has 2 N–H and O–H groups in total. The van der Waals surface area contributed by atoms with E-state index in [1.165, 1.54) is 6.08 Å². The van der Waals surface area contributed by atoms with E-state index in [1.807, 2.05) is 0 Å². The number of rotatable bonds is 2. The van der Waals surface area contributed by atoms with Crippen molar-refractivity contribution < 1.29 is 15.3 Å². The minimum absolute atomic E-state index is 0. The molecule has 0 unspecified atom stereocenters. The molecular formula is C5H7CoN-2. The number of allylic oxidation sites excluding steroid dienone is 3. The molecule has 0 fully saturated rings. The van der Waals surface area contributed by atoms with Crippen molar-refractivity contribution in [3.8, 4) is 0 Å². The molecule has 0 rings (SSSR count). The van der Waals surface area contributed by atoms with Crippen molar-refractivity contribution in [3.05, 3.63) is 31.0 Å². The molecule has 0 saturated heterocycles. The van der Waals surface area contributed by atoms with Crippen molar-refractivity contribution in [1.82, 2.24) is 0 Å². The molecule has 0 aromatic carbocycles. The molecule has 0 aliphatic rings. The molecule has 0 aromatic rings. The van der Waals surface area contributed by atoms with Crippen molar-refractivity contribution in [3.63, 3.8) is 0 Å². The smallest absolute Gasteiger partial charge is 0.693 e. The van der Waals surface area contributed by atoms with Crippen LogP contribution in [0.15, 0.2) is 18.2 Å². The number of nitrogens with two attached hydrogens (primary N) is 1.